The van der Waals surface area contributed by atoms with Gasteiger partial charge in [-0.2, -0.15) is 0 Å². The Morgan fingerprint density at radius 1 is 1.56 bits per heavy atom. The van der Waals surface area contributed by atoms with Crippen LogP contribution in [-0.4, -0.2) is 35.7 Å². The molecule has 0 aliphatic heterocycles. The number of anilines is 1. The molecule has 0 fully saturated rings. The van der Waals surface area contributed by atoms with Crippen LogP contribution < -0.4 is 5.32 Å². The molecular weight excluding hydrogens is 303 g/mol. The number of carbonyl (C=O) groups is 1. The Bertz CT molecular complexity index is 420. The highest BCUT2D eigenvalue weighted by molar-refractivity contribution is 9.10. The average molecular weight is 317 g/mol. The van der Waals surface area contributed by atoms with Crippen molar-refractivity contribution in [1.29, 1.82) is 0 Å². The van der Waals surface area contributed by atoms with Crippen molar-refractivity contribution < 1.29 is 14.3 Å². The molecule has 2 amide bonds. The Kier molecular flexibility index (Phi) is 5.80. The van der Waals surface area contributed by atoms with Crippen molar-refractivity contribution >= 4 is 27.6 Å². The third-order valence-electron chi connectivity index (χ3n) is 2.12. The summed E-state index contributed by atoms with van der Waals surface area (Å²) in [4.78, 5) is 13.2. The zero-order valence-electron chi connectivity index (χ0n) is 9.70. The molecule has 0 aromatic heterocycles. The predicted molar refractivity (Wildman–Crippen MR) is 72.0 cm³/mol. The number of amides is 2. The summed E-state index contributed by atoms with van der Waals surface area (Å²) in [6.07, 6.45) is 1.55. The summed E-state index contributed by atoms with van der Waals surface area (Å²) in [5.41, 5.74) is 0.346. The maximum atomic E-state index is 13.1. The van der Waals surface area contributed by atoms with Crippen LogP contribution in [0.4, 0.5) is 14.9 Å². The van der Waals surface area contributed by atoms with Crippen molar-refractivity contribution in [3.05, 3.63) is 41.1 Å². The minimum atomic E-state index is -0.447. The van der Waals surface area contributed by atoms with Gasteiger partial charge < -0.3 is 15.3 Å². The molecule has 4 nitrogen and oxygen atoms in total. The standard InChI is InChI=1S/C12H14BrFN2O2/c1-2-3-16(4-5-17)12(18)15-11-7-9(13)6-10(14)8-11/h2,6-8,17H,1,3-5H2,(H,15,18). The number of benzene rings is 1. The molecule has 0 aliphatic rings. The van der Waals surface area contributed by atoms with E-state index >= 15 is 0 Å². The average Bonchev–Trinajstić information content (AvgIpc) is 2.27. The Balaban J connectivity index is 2.75. The fourth-order valence-corrected chi connectivity index (χ4v) is 1.85. The number of carbonyl (C=O) groups excluding carboxylic acids is 1. The second-order valence-electron chi connectivity index (χ2n) is 3.55. The fraction of sp³-hybridized carbons (Fsp3) is 0.250. The number of aliphatic hydroxyl groups excluding tert-OH is 1. The van der Waals surface area contributed by atoms with E-state index in [9.17, 15) is 9.18 Å². The summed E-state index contributed by atoms with van der Waals surface area (Å²) in [5.74, 6) is -0.447. The van der Waals surface area contributed by atoms with Gasteiger partial charge >= 0.3 is 6.03 Å². The molecule has 0 atom stereocenters. The lowest BCUT2D eigenvalue weighted by Crippen LogP contribution is -2.37. The first-order valence-electron chi connectivity index (χ1n) is 5.30. The Labute approximate surface area is 113 Å². The second-order valence-corrected chi connectivity index (χ2v) is 4.46. The lowest BCUT2D eigenvalue weighted by molar-refractivity contribution is 0.195. The molecule has 6 heteroatoms. The molecule has 0 heterocycles. The van der Waals surface area contributed by atoms with Crippen molar-refractivity contribution in [1.82, 2.24) is 4.90 Å². The maximum absolute atomic E-state index is 13.1. The van der Waals surface area contributed by atoms with Crippen LogP contribution in [0.2, 0.25) is 0 Å². The maximum Gasteiger partial charge on any atom is 0.322 e. The van der Waals surface area contributed by atoms with E-state index in [0.717, 1.165) is 0 Å². The van der Waals surface area contributed by atoms with Crippen molar-refractivity contribution in [2.45, 2.75) is 0 Å². The van der Waals surface area contributed by atoms with E-state index < -0.39 is 11.8 Å². The van der Waals surface area contributed by atoms with Crippen LogP contribution in [0.15, 0.2) is 35.3 Å². The highest BCUT2D eigenvalue weighted by Crippen LogP contribution is 2.18. The van der Waals surface area contributed by atoms with Gasteiger partial charge in [-0.3, -0.25) is 0 Å². The lowest BCUT2D eigenvalue weighted by atomic mass is 10.3. The molecule has 0 radical (unpaired) electrons. The molecule has 0 spiro atoms. The van der Waals surface area contributed by atoms with Crippen molar-refractivity contribution in [3.8, 4) is 0 Å². The van der Waals surface area contributed by atoms with Crippen LogP contribution in [-0.2, 0) is 0 Å². The normalized spacial score (nSPS) is 9.94. The number of hydrogen-bond acceptors (Lipinski definition) is 2. The van der Waals surface area contributed by atoms with Gasteiger partial charge in [0.2, 0.25) is 0 Å². The molecule has 1 aromatic rings. The van der Waals surface area contributed by atoms with E-state index in [4.69, 9.17) is 5.11 Å². The first-order valence-corrected chi connectivity index (χ1v) is 6.10. The van der Waals surface area contributed by atoms with Crippen LogP contribution in [0.1, 0.15) is 0 Å². The van der Waals surface area contributed by atoms with E-state index in [1.807, 2.05) is 0 Å². The molecule has 98 valence electrons. The van der Waals surface area contributed by atoms with Gasteiger partial charge in [-0.1, -0.05) is 22.0 Å². The summed E-state index contributed by atoms with van der Waals surface area (Å²) in [6, 6.07) is 3.69. The first kappa shape index (κ1) is 14.7. The van der Waals surface area contributed by atoms with E-state index in [2.05, 4.69) is 27.8 Å². The first-order chi connectivity index (χ1) is 8.56. The molecule has 1 rings (SSSR count). The lowest BCUT2D eigenvalue weighted by Gasteiger charge is -2.20. The summed E-state index contributed by atoms with van der Waals surface area (Å²) in [7, 11) is 0. The van der Waals surface area contributed by atoms with Crippen LogP contribution >= 0.6 is 15.9 Å². The zero-order chi connectivity index (χ0) is 13.5. The number of nitrogens with one attached hydrogen (secondary N) is 1. The van der Waals surface area contributed by atoms with E-state index in [0.29, 0.717) is 16.7 Å². The van der Waals surface area contributed by atoms with Crippen molar-refractivity contribution in [2.24, 2.45) is 0 Å². The molecule has 0 saturated heterocycles. The number of hydrogen-bond donors (Lipinski definition) is 2. The monoisotopic (exact) mass is 316 g/mol. The molecule has 0 aliphatic carbocycles. The van der Waals surface area contributed by atoms with E-state index in [1.165, 1.54) is 17.0 Å². The Morgan fingerprint density at radius 3 is 2.83 bits per heavy atom. The zero-order valence-corrected chi connectivity index (χ0v) is 11.3. The molecule has 0 unspecified atom stereocenters. The summed E-state index contributed by atoms with van der Waals surface area (Å²) < 4.78 is 13.7. The van der Waals surface area contributed by atoms with Gasteiger partial charge in [0, 0.05) is 23.2 Å². The fourth-order valence-electron chi connectivity index (χ4n) is 1.38. The Morgan fingerprint density at radius 2 is 2.28 bits per heavy atom. The summed E-state index contributed by atoms with van der Waals surface area (Å²) >= 11 is 3.14. The molecular formula is C12H14BrFN2O2. The largest absolute Gasteiger partial charge is 0.395 e. The summed E-state index contributed by atoms with van der Waals surface area (Å²) in [5, 5.41) is 11.4. The molecule has 1 aromatic carbocycles. The van der Waals surface area contributed by atoms with Crippen LogP contribution in [0, 0.1) is 5.82 Å². The van der Waals surface area contributed by atoms with Crippen LogP contribution in [0.3, 0.4) is 0 Å². The SMILES string of the molecule is C=CCN(CCO)C(=O)Nc1cc(F)cc(Br)c1. The topological polar surface area (TPSA) is 52.6 Å². The highest BCUT2D eigenvalue weighted by Gasteiger charge is 2.12. The van der Waals surface area contributed by atoms with Gasteiger partial charge in [0.05, 0.1) is 6.61 Å². The smallest absolute Gasteiger partial charge is 0.322 e. The number of rotatable bonds is 5. The second kappa shape index (κ2) is 7.13. The quantitative estimate of drug-likeness (QED) is 0.820. The molecule has 0 bridgehead atoms. The molecule has 18 heavy (non-hydrogen) atoms. The third kappa shape index (κ3) is 4.46. The minimum absolute atomic E-state index is 0.145. The molecule has 2 N–H and O–H groups in total. The van der Waals surface area contributed by atoms with Crippen LogP contribution in [0.5, 0.6) is 0 Å². The Hall–Kier alpha value is -1.40. The van der Waals surface area contributed by atoms with Crippen LogP contribution in [0.25, 0.3) is 0 Å². The van der Waals surface area contributed by atoms with Gasteiger partial charge in [-0.05, 0) is 18.2 Å². The van der Waals surface area contributed by atoms with Gasteiger partial charge in [-0.15, -0.1) is 6.58 Å². The highest BCUT2D eigenvalue weighted by atomic mass is 79.9. The van der Waals surface area contributed by atoms with Crippen molar-refractivity contribution in [3.63, 3.8) is 0 Å². The minimum Gasteiger partial charge on any atom is -0.395 e. The third-order valence-corrected chi connectivity index (χ3v) is 2.58. The van der Waals surface area contributed by atoms with E-state index in [1.54, 1.807) is 12.1 Å². The van der Waals surface area contributed by atoms with Gasteiger partial charge in [-0.25, -0.2) is 9.18 Å². The number of aliphatic hydroxyl groups is 1. The van der Waals surface area contributed by atoms with E-state index in [-0.39, 0.29) is 13.2 Å². The summed E-state index contributed by atoms with van der Waals surface area (Å²) in [6.45, 7) is 3.88. The van der Waals surface area contributed by atoms with Gasteiger partial charge in [0.15, 0.2) is 0 Å². The number of urea groups is 1. The van der Waals surface area contributed by atoms with Gasteiger partial charge in [0.1, 0.15) is 5.82 Å². The van der Waals surface area contributed by atoms with Gasteiger partial charge in [0.25, 0.3) is 0 Å². The number of nitrogens with zero attached hydrogens (tertiary/aromatic N) is 1. The molecule has 0 saturated carbocycles. The predicted octanol–water partition coefficient (Wildman–Crippen LogP) is 2.60. The number of halogens is 2. The van der Waals surface area contributed by atoms with Crippen molar-refractivity contribution in [2.75, 3.05) is 25.0 Å².